The van der Waals surface area contributed by atoms with Gasteiger partial charge in [-0.15, -0.1) is 0 Å². The van der Waals surface area contributed by atoms with E-state index in [4.69, 9.17) is 14.2 Å². The monoisotopic (exact) mass is 756 g/mol. The van der Waals surface area contributed by atoms with E-state index in [2.05, 4.69) is 61.4 Å². The number of amides is 1. The molecule has 0 radical (unpaired) electrons. The van der Waals surface area contributed by atoms with Crippen LogP contribution in [0.3, 0.4) is 0 Å². The molecule has 1 heterocycles. The van der Waals surface area contributed by atoms with Gasteiger partial charge in [-0.3, -0.25) is 0 Å². The molecule has 1 aromatic rings. The number of ether oxygens (including phenoxy) is 3. The third kappa shape index (κ3) is 11.1. The molecule has 0 bridgehead atoms. The van der Waals surface area contributed by atoms with Crippen LogP contribution in [0, 0.1) is 11.3 Å². The zero-order valence-electron chi connectivity index (χ0n) is 29.2. The Kier molecular flexibility index (Phi) is 16.1. The molecule has 4 unspecified atom stereocenters. The SMILES string of the molecule is CCCCCCCCCCC(Cc1ccccc1)CN(C)CCNC(=O)OCCOC(=O)C1(C)[IH]C12CC2(C)C(=O)OCCCC. The van der Waals surface area contributed by atoms with Gasteiger partial charge in [0.15, 0.2) is 0 Å². The molecule has 1 saturated heterocycles. The van der Waals surface area contributed by atoms with Gasteiger partial charge in [0.05, 0.1) is 0 Å². The molecular formula is C37H61IN2O6. The van der Waals surface area contributed by atoms with E-state index in [1.54, 1.807) is 0 Å². The Balaban J connectivity index is 1.29. The number of benzene rings is 1. The molecule has 1 N–H and O–H groups in total. The van der Waals surface area contributed by atoms with Crippen molar-refractivity contribution in [3.05, 3.63) is 35.9 Å². The van der Waals surface area contributed by atoms with Crippen LogP contribution in [0.5, 0.6) is 0 Å². The van der Waals surface area contributed by atoms with Crippen LogP contribution in [-0.2, 0) is 30.2 Å². The Labute approximate surface area is 288 Å². The van der Waals surface area contributed by atoms with Crippen molar-refractivity contribution in [3.8, 4) is 0 Å². The number of rotatable bonds is 24. The second-order valence-electron chi connectivity index (χ2n) is 13.7. The standard InChI is InChI=1S/C37H61IN2O6/c1-6-8-10-11-12-13-14-16-21-31(27-30-19-17-15-18-20-30)28-40(5)23-22-39-34(43)46-26-25-45-33(42)36(4)37(38-36)29-35(37,3)32(41)44-24-9-7-2/h15,17-20,31,38H,6-14,16,21-29H2,1-5H3,(H,39,43). The molecular weight excluding hydrogens is 695 g/mol. The number of alkyl halides is 2. The molecule has 2 fully saturated rings. The van der Waals surface area contributed by atoms with E-state index in [-0.39, 0.29) is 28.6 Å². The van der Waals surface area contributed by atoms with E-state index in [9.17, 15) is 14.4 Å². The first-order valence-corrected chi connectivity index (χ1v) is 20.1. The molecule has 2 aliphatic rings. The number of halogens is 1. The summed E-state index contributed by atoms with van der Waals surface area (Å²) in [4.78, 5) is 40.1. The van der Waals surface area contributed by atoms with Crippen LogP contribution in [0.1, 0.15) is 110 Å². The van der Waals surface area contributed by atoms with Crippen LogP contribution in [0.4, 0.5) is 4.79 Å². The van der Waals surface area contributed by atoms with Crippen LogP contribution in [-0.4, -0.2) is 76.3 Å². The number of hydrogen-bond donors (Lipinski definition) is 1. The van der Waals surface area contributed by atoms with E-state index < -0.39 is 36.1 Å². The second kappa shape index (κ2) is 19.2. The van der Waals surface area contributed by atoms with Crippen LogP contribution in [0.15, 0.2) is 30.3 Å². The molecule has 1 aliphatic heterocycles. The zero-order valence-corrected chi connectivity index (χ0v) is 31.5. The van der Waals surface area contributed by atoms with Gasteiger partial charge >= 0.3 is 177 Å². The van der Waals surface area contributed by atoms with Crippen molar-refractivity contribution in [2.45, 2.75) is 118 Å². The molecule has 1 amide bonds. The zero-order chi connectivity index (χ0) is 33.5. The van der Waals surface area contributed by atoms with Crippen molar-refractivity contribution >= 4 is 39.2 Å². The Morgan fingerprint density at radius 2 is 1.48 bits per heavy atom. The Morgan fingerprint density at radius 1 is 0.848 bits per heavy atom. The van der Waals surface area contributed by atoms with Gasteiger partial charge in [-0.25, -0.2) is 0 Å². The normalized spacial score (nSPS) is 23.8. The van der Waals surface area contributed by atoms with Gasteiger partial charge in [-0.1, -0.05) is 88.6 Å². The van der Waals surface area contributed by atoms with Crippen molar-refractivity contribution in [3.63, 3.8) is 0 Å². The van der Waals surface area contributed by atoms with Gasteiger partial charge in [-0.05, 0) is 24.3 Å². The van der Waals surface area contributed by atoms with E-state index in [0.717, 1.165) is 32.4 Å². The van der Waals surface area contributed by atoms with Gasteiger partial charge in [-0.2, -0.15) is 0 Å². The van der Waals surface area contributed by atoms with Crippen LogP contribution >= 0.6 is 21.2 Å². The maximum absolute atomic E-state index is 12.9. The summed E-state index contributed by atoms with van der Waals surface area (Å²) in [6.07, 6.45) is 15.0. The summed E-state index contributed by atoms with van der Waals surface area (Å²) < 4.78 is 15.4. The number of nitrogens with zero attached hydrogens (tertiary/aromatic N) is 1. The third-order valence-electron chi connectivity index (χ3n) is 9.76. The fourth-order valence-corrected chi connectivity index (χ4v) is 11.9. The average Bonchev–Trinajstić information content (AvgIpc) is 3.87. The predicted octanol–water partition coefficient (Wildman–Crippen LogP) is 7.54. The van der Waals surface area contributed by atoms with Crippen molar-refractivity contribution < 1.29 is 28.6 Å². The number of nitrogens with one attached hydrogen (secondary N) is 1. The van der Waals surface area contributed by atoms with Gasteiger partial charge in [0.2, 0.25) is 0 Å². The van der Waals surface area contributed by atoms with Crippen molar-refractivity contribution in [2.75, 3.05) is 46.5 Å². The first kappa shape index (κ1) is 38.6. The third-order valence-corrected chi connectivity index (χ3v) is 15.7. The maximum atomic E-state index is 12.9. The first-order valence-electron chi connectivity index (χ1n) is 17.8. The van der Waals surface area contributed by atoms with Crippen LogP contribution in [0.2, 0.25) is 0 Å². The molecule has 1 saturated carbocycles. The topological polar surface area (TPSA) is 94.2 Å². The van der Waals surface area contributed by atoms with Gasteiger partial charge in [0.25, 0.3) is 0 Å². The summed E-state index contributed by atoms with van der Waals surface area (Å²) in [7, 11) is 2.11. The van der Waals surface area contributed by atoms with Crippen molar-refractivity contribution in [1.82, 2.24) is 10.2 Å². The summed E-state index contributed by atoms with van der Waals surface area (Å²) >= 11 is -0.715. The number of alkyl carbamates (subject to hydrolysis) is 1. The Morgan fingerprint density at radius 3 is 2.17 bits per heavy atom. The molecule has 0 aromatic heterocycles. The van der Waals surface area contributed by atoms with Crippen LogP contribution < -0.4 is 5.32 Å². The summed E-state index contributed by atoms with van der Waals surface area (Å²) in [5.41, 5.74) is 0.821. The predicted molar refractivity (Wildman–Crippen MR) is 194 cm³/mol. The number of unbranched alkanes of at least 4 members (excludes halogenated alkanes) is 8. The van der Waals surface area contributed by atoms with E-state index in [1.807, 2.05) is 13.8 Å². The Bertz CT molecular complexity index is 1090. The molecule has 4 atom stereocenters. The number of likely N-dealkylation sites (N-methyl/N-ethyl adjacent to an activating group) is 1. The molecule has 9 heteroatoms. The molecule has 46 heavy (non-hydrogen) atoms. The van der Waals surface area contributed by atoms with E-state index in [0.29, 0.717) is 25.5 Å². The van der Waals surface area contributed by atoms with Gasteiger partial charge < -0.3 is 0 Å². The second-order valence-corrected chi connectivity index (χ2v) is 18.6. The average molecular weight is 757 g/mol. The summed E-state index contributed by atoms with van der Waals surface area (Å²) in [5, 5.41) is 2.83. The molecule has 3 rings (SSSR count). The summed E-state index contributed by atoms with van der Waals surface area (Å²) in [6.45, 7) is 10.8. The minimum atomic E-state index is -0.715. The van der Waals surface area contributed by atoms with Gasteiger partial charge in [0.1, 0.15) is 0 Å². The first-order chi connectivity index (χ1) is 22.1. The molecule has 1 aliphatic carbocycles. The fourth-order valence-electron chi connectivity index (χ4n) is 6.64. The van der Waals surface area contributed by atoms with E-state index >= 15 is 0 Å². The number of carbonyl (C=O) groups is 3. The number of carbonyl (C=O) groups excluding carboxylic acids is 3. The summed E-state index contributed by atoms with van der Waals surface area (Å²) in [6, 6.07) is 10.7. The van der Waals surface area contributed by atoms with Crippen LogP contribution in [0.25, 0.3) is 0 Å². The number of hydrogen-bond acceptors (Lipinski definition) is 7. The molecule has 8 nitrogen and oxygen atoms in total. The fraction of sp³-hybridized carbons (Fsp3) is 0.757. The minimum absolute atomic E-state index is 0.00509. The number of esters is 2. The van der Waals surface area contributed by atoms with E-state index in [1.165, 1.54) is 63.4 Å². The molecule has 262 valence electrons. The quantitative estimate of drug-likeness (QED) is 0.0383. The van der Waals surface area contributed by atoms with Crippen molar-refractivity contribution in [2.24, 2.45) is 11.3 Å². The van der Waals surface area contributed by atoms with Gasteiger partial charge in [0, 0.05) is 0 Å². The summed E-state index contributed by atoms with van der Waals surface area (Å²) in [5.74, 6) is 0.121. The van der Waals surface area contributed by atoms with Crippen molar-refractivity contribution in [1.29, 1.82) is 0 Å². The molecule has 1 aromatic carbocycles. The molecule has 1 spiro atoms. The Hall–Kier alpha value is -1.88.